The third-order valence-electron chi connectivity index (χ3n) is 2.69. The SMILES string of the molecule is C#CCCCN1CC(OC)C(OC)C1. The summed E-state index contributed by atoms with van der Waals surface area (Å²) in [6, 6.07) is 0. The topological polar surface area (TPSA) is 21.7 Å². The van der Waals surface area contributed by atoms with Gasteiger partial charge in [0.2, 0.25) is 0 Å². The number of ether oxygens (including phenoxy) is 2. The molecule has 0 aliphatic carbocycles. The van der Waals surface area contributed by atoms with Crippen LogP contribution in [0.3, 0.4) is 0 Å². The van der Waals surface area contributed by atoms with E-state index in [-0.39, 0.29) is 12.2 Å². The Balaban J connectivity index is 2.27. The average molecular weight is 197 g/mol. The van der Waals surface area contributed by atoms with Gasteiger partial charge >= 0.3 is 0 Å². The van der Waals surface area contributed by atoms with Crippen LogP contribution in [0.1, 0.15) is 12.8 Å². The molecular formula is C11H19NO2. The number of terminal acetylenes is 1. The number of unbranched alkanes of at least 4 members (excludes halogenated alkanes) is 1. The Kier molecular flexibility index (Phi) is 4.95. The number of hydrogen-bond acceptors (Lipinski definition) is 3. The first kappa shape index (κ1) is 11.5. The standard InChI is InChI=1S/C11H19NO2/c1-4-5-6-7-12-8-10(13-2)11(9-12)14-3/h1,10-11H,5-9H2,2-3H3. The lowest BCUT2D eigenvalue weighted by Gasteiger charge is -2.13. The van der Waals surface area contributed by atoms with Gasteiger partial charge in [0.05, 0.1) is 12.2 Å². The highest BCUT2D eigenvalue weighted by Crippen LogP contribution is 2.15. The largest absolute Gasteiger partial charge is 0.377 e. The van der Waals surface area contributed by atoms with Crippen LogP contribution >= 0.6 is 0 Å². The molecule has 80 valence electrons. The lowest BCUT2D eigenvalue weighted by Crippen LogP contribution is -2.27. The zero-order valence-electron chi connectivity index (χ0n) is 9.03. The van der Waals surface area contributed by atoms with E-state index in [1.54, 1.807) is 14.2 Å². The van der Waals surface area contributed by atoms with Crippen LogP contribution < -0.4 is 0 Å². The van der Waals surface area contributed by atoms with E-state index in [1.165, 1.54) is 0 Å². The normalized spacial score (nSPS) is 27.8. The molecule has 1 aliphatic rings. The summed E-state index contributed by atoms with van der Waals surface area (Å²) in [5.41, 5.74) is 0. The highest BCUT2D eigenvalue weighted by Gasteiger charge is 2.32. The monoisotopic (exact) mass is 197 g/mol. The highest BCUT2D eigenvalue weighted by atomic mass is 16.5. The summed E-state index contributed by atoms with van der Waals surface area (Å²) in [6.07, 6.45) is 7.54. The maximum Gasteiger partial charge on any atom is 0.0971 e. The van der Waals surface area contributed by atoms with Gasteiger partial charge in [0.15, 0.2) is 0 Å². The van der Waals surface area contributed by atoms with E-state index in [0.29, 0.717) is 0 Å². The van der Waals surface area contributed by atoms with Crippen molar-refractivity contribution >= 4 is 0 Å². The lowest BCUT2D eigenvalue weighted by atomic mass is 10.3. The van der Waals surface area contributed by atoms with Crippen LogP contribution in [-0.4, -0.2) is 51.0 Å². The molecule has 2 atom stereocenters. The van der Waals surface area contributed by atoms with E-state index >= 15 is 0 Å². The van der Waals surface area contributed by atoms with Gasteiger partial charge in [0.25, 0.3) is 0 Å². The molecule has 1 rings (SSSR count). The van der Waals surface area contributed by atoms with Gasteiger partial charge in [-0.15, -0.1) is 12.3 Å². The maximum atomic E-state index is 5.34. The molecule has 0 aromatic heterocycles. The van der Waals surface area contributed by atoms with E-state index < -0.39 is 0 Å². The van der Waals surface area contributed by atoms with Crippen LogP contribution in [-0.2, 0) is 9.47 Å². The summed E-state index contributed by atoms with van der Waals surface area (Å²) < 4.78 is 10.7. The number of hydrogen-bond donors (Lipinski definition) is 0. The Morgan fingerprint density at radius 1 is 1.29 bits per heavy atom. The lowest BCUT2D eigenvalue weighted by molar-refractivity contribution is -0.00461. The highest BCUT2D eigenvalue weighted by molar-refractivity contribution is 4.87. The second kappa shape index (κ2) is 6.02. The first-order valence-electron chi connectivity index (χ1n) is 5.03. The van der Waals surface area contributed by atoms with E-state index in [9.17, 15) is 0 Å². The second-order valence-electron chi connectivity index (χ2n) is 3.62. The van der Waals surface area contributed by atoms with Crippen LogP contribution in [0.4, 0.5) is 0 Å². The Bertz CT molecular complexity index is 188. The maximum absolute atomic E-state index is 5.34. The van der Waals surface area contributed by atoms with Crippen LogP contribution in [0.5, 0.6) is 0 Å². The smallest absolute Gasteiger partial charge is 0.0971 e. The summed E-state index contributed by atoms with van der Waals surface area (Å²) in [4.78, 5) is 2.35. The third kappa shape index (κ3) is 2.98. The molecule has 0 spiro atoms. The molecule has 1 fully saturated rings. The number of rotatable bonds is 5. The Morgan fingerprint density at radius 3 is 2.29 bits per heavy atom. The van der Waals surface area contributed by atoms with Crippen molar-refractivity contribution in [1.82, 2.24) is 4.90 Å². The minimum Gasteiger partial charge on any atom is -0.377 e. The van der Waals surface area contributed by atoms with Gasteiger partial charge in [-0.05, 0) is 13.0 Å². The molecule has 0 aromatic carbocycles. The molecule has 3 nitrogen and oxygen atoms in total. The van der Waals surface area contributed by atoms with Crippen LogP contribution in [0.25, 0.3) is 0 Å². The molecule has 0 N–H and O–H groups in total. The molecular weight excluding hydrogens is 178 g/mol. The number of likely N-dealkylation sites (tertiary alicyclic amines) is 1. The van der Waals surface area contributed by atoms with Crippen molar-refractivity contribution in [2.24, 2.45) is 0 Å². The van der Waals surface area contributed by atoms with Gasteiger partial charge in [0, 0.05) is 33.7 Å². The zero-order valence-corrected chi connectivity index (χ0v) is 9.03. The van der Waals surface area contributed by atoms with Crippen LogP contribution in [0.2, 0.25) is 0 Å². The quantitative estimate of drug-likeness (QED) is 0.479. The predicted molar refractivity (Wildman–Crippen MR) is 56.1 cm³/mol. The Hall–Kier alpha value is -0.560. The van der Waals surface area contributed by atoms with Gasteiger partial charge in [-0.2, -0.15) is 0 Å². The van der Waals surface area contributed by atoms with Crippen molar-refractivity contribution in [2.75, 3.05) is 33.9 Å². The van der Waals surface area contributed by atoms with Crippen molar-refractivity contribution in [3.05, 3.63) is 0 Å². The summed E-state index contributed by atoms with van der Waals surface area (Å²) in [7, 11) is 3.48. The molecule has 0 bridgehead atoms. The number of methoxy groups -OCH3 is 2. The van der Waals surface area contributed by atoms with Gasteiger partial charge < -0.3 is 9.47 Å². The summed E-state index contributed by atoms with van der Waals surface area (Å²) in [5.74, 6) is 2.65. The molecule has 1 heterocycles. The summed E-state index contributed by atoms with van der Waals surface area (Å²) >= 11 is 0. The molecule has 0 radical (unpaired) electrons. The van der Waals surface area contributed by atoms with Crippen molar-refractivity contribution in [3.8, 4) is 12.3 Å². The average Bonchev–Trinajstić information content (AvgIpc) is 2.61. The second-order valence-corrected chi connectivity index (χ2v) is 3.62. The molecule has 1 aliphatic heterocycles. The van der Waals surface area contributed by atoms with Gasteiger partial charge in [0.1, 0.15) is 0 Å². The first-order valence-corrected chi connectivity index (χ1v) is 5.03. The molecule has 1 saturated heterocycles. The van der Waals surface area contributed by atoms with Gasteiger partial charge in [-0.3, -0.25) is 4.90 Å². The van der Waals surface area contributed by atoms with Crippen LogP contribution in [0, 0.1) is 12.3 Å². The van der Waals surface area contributed by atoms with Crippen molar-refractivity contribution in [3.63, 3.8) is 0 Å². The summed E-state index contributed by atoms with van der Waals surface area (Å²) in [6.45, 7) is 2.96. The minimum absolute atomic E-state index is 0.214. The summed E-state index contributed by atoms with van der Waals surface area (Å²) in [5, 5.41) is 0. The third-order valence-corrected chi connectivity index (χ3v) is 2.69. The Labute approximate surface area is 86.4 Å². The van der Waals surface area contributed by atoms with E-state index in [0.717, 1.165) is 32.5 Å². The zero-order chi connectivity index (χ0) is 10.4. The molecule has 0 saturated carbocycles. The van der Waals surface area contributed by atoms with Crippen LogP contribution in [0.15, 0.2) is 0 Å². The minimum atomic E-state index is 0.214. The van der Waals surface area contributed by atoms with Crippen molar-refractivity contribution < 1.29 is 9.47 Å². The molecule has 14 heavy (non-hydrogen) atoms. The fourth-order valence-electron chi connectivity index (χ4n) is 1.86. The van der Waals surface area contributed by atoms with Gasteiger partial charge in [-0.1, -0.05) is 0 Å². The number of nitrogens with zero attached hydrogens (tertiary/aromatic N) is 1. The van der Waals surface area contributed by atoms with Crippen molar-refractivity contribution in [2.45, 2.75) is 25.0 Å². The Morgan fingerprint density at radius 2 is 1.86 bits per heavy atom. The van der Waals surface area contributed by atoms with E-state index in [1.807, 2.05) is 0 Å². The fraction of sp³-hybridized carbons (Fsp3) is 0.818. The molecule has 2 unspecified atom stereocenters. The molecule has 3 heteroatoms. The molecule has 0 amide bonds. The van der Waals surface area contributed by atoms with E-state index in [4.69, 9.17) is 15.9 Å². The van der Waals surface area contributed by atoms with Gasteiger partial charge in [-0.25, -0.2) is 0 Å². The molecule has 0 aromatic rings. The predicted octanol–water partition coefficient (Wildman–Crippen LogP) is 0.745. The van der Waals surface area contributed by atoms with Crippen molar-refractivity contribution in [1.29, 1.82) is 0 Å². The fourth-order valence-corrected chi connectivity index (χ4v) is 1.86. The first-order chi connectivity index (χ1) is 6.81. The van der Waals surface area contributed by atoms with E-state index in [2.05, 4.69) is 10.8 Å².